The van der Waals surface area contributed by atoms with Gasteiger partial charge in [0.25, 0.3) is 0 Å². The maximum absolute atomic E-state index is 6.10. The number of hydrogen-bond donors (Lipinski definition) is 1. The fourth-order valence-electron chi connectivity index (χ4n) is 2.33. The van der Waals surface area contributed by atoms with E-state index in [2.05, 4.69) is 25.6 Å². The van der Waals surface area contributed by atoms with E-state index in [9.17, 15) is 0 Å². The van der Waals surface area contributed by atoms with Crippen LogP contribution in [0.15, 0.2) is 41.5 Å². The van der Waals surface area contributed by atoms with Gasteiger partial charge in [0.15, 0.2) is 11.6 Å². The summed E-state index contributed by atoms with van der Waals surface area (Å²) in [5.74, 6) is 1.92. The Morgan fingerprint density at radius 3 is 2.62 bits per heavy atom. The zero-order valence-corrected chi connectivity index (χ0v) is 14.4. The normalized spacial score (nSPS) is 11.2. The Labute approximate surface area is 145 Å². The third-order valence-corrected chi connectivity index (χ3v) is 3.68. The van der Waals surface area contributed by atoms with Crippen molar-refractivity contribution in [3.8, 4) is 5.82 Å². The molecule has 1 N–H and O–H groups in total. The number of anilines is 1. The van der Waals surface area contributed by atoms with Gasteiger partial charge in [-0.3, -0.25) is 5.43 Å². The first kappa shape index (κ1) is 16.1. The molecule has 2 heterocycles. The van der Waals surface area contributed by atoms with Crippen molar-refractivity contribution in [3.05, 3.63) is 64.2 Å². The van der Waals surface area contributed by atoms with Crippen LogP contribution in [0.5, 0.6) is 0 Å². The lowest BCUT2D eigenvalue weighted by Crippen LogP contribution is -2.06. The van der Waals surface area contributed by atoms with E-state index in [1.165, 1.54) is 0 Å². The van der Waals surface area contributed by atoms with E-state index in [-0.39, 0.29) is 0 Å². The van der Waals surface area contributed by atoms with Gasteiger partial charge in [-0.05, 0) is 32.9 Å². The first-order valence-corrected chi connectivity index (χ1v) is 7.83. The summed E-state index contributed by atoms with van der Waals surface area (Å²) < 4.78 is 1.78. The Morgan fingerprint density at radius 2 is 1.92 bits per heavy atom. The molecule has 3 aromatic rings. The summed E-state index contributed by atoms with van der Waals surface area (Å²) in [4.78, 5) is 8.77. The zero-order valence-electron chi connectivity index (χ0n) is 13.7. The van der Waals surface area contributed by atoms with Gasteiger partial charge in [0.05, 0.1) is 11.9 Å². The summed E-state index contributed by atoms with van der Waals surface area (Å²) in [6.07, 6.45) is 1.66. The van der Waals surface area contributed by atoms with E-state index in [4.69, 9.17) is 11.6 Å². The van der Waals surface area contributed by atoms with Gasteiger partial charge >= 0.3 is 0 Å². The highest BCUT2D eigenvalue weighted by atomic mass is 35.5. The molecule has 0 fully saturated rings. The van der Waals surface area contributed by atoms with Crippen molar-refractivity contribution >= 4 is 23.6 Å². The van der Waals surface area contributed by atoms with Crippen molar-refractivity contribution in [2.45, 2.75) is 20.8 Å². The molecule has 0 aliphatic heterocycles. The molecule has 0 aliphatic rings. The highest BCUT2D eigenvalue weighted by Crippen LogP contribution is 2.15. The molecule has 6 nitrogen and oxygen atoms in total. The fraction of sp³-hybridized carbons (Fsp3) is 0.176. The molecule has 0 atom stereocenters. The van der Waals surface area contributed by atoms with Crippen LogP contribution in [0.1, 0.15) is 22.8 Å². The Morgan fingerprint density at radius 1 is 1.12 bits per heavy atom. The van der Waals surface area contributed by atoms with Gasteiger partial charge in [0.1, 0.15) is 5.82 Å². The first-order chi connectivity index (χ1) is 11.5. The molecule has 24 heavy (non-hydrogen) atoms. The van der Waals surface area contributed by atoms with Crippen molar-refractivity contribution in [2.24, 2.45) is 5.10 Å². The molecule has 0 saturated carbocycles. The van der Waals surface area contributed by atoms with Crippen LogP contribution >= 0.6 is 11.6 Å². The number of rotatable bonds is 4. The number of benzene rings is 1. The zero-order chi connectivity index (χ0) is 17.1. The van der Waals surface area contributed by atoms with Crippen LogP contribution in [0.2, 0.25) is 5.02 Å². The number of hydrazone groups is 1. The van der Waals surface area contributed by atoms with Crippen molar-refractivity contribution < 1.29 is 0 Å². The molecule has 0 amide bonds. The van der Waals surface area contributed by atoms with Crippen molar-refractivity contribution in [2.75, 3.05) is 5.43 Å². The monoisotopic (exact) mass is 340 g/mol. The third kappa shape index (κ3) is 3.60. The topological polar surface area (TPSA) is 68.0 Å². The van der Waals surface area contributed by atoms with Gasteiger partial charge in [-0.2, -0.15) is 10.2 Å². The summed E-state index contributed by atoms with van der Waals surface area (Å²) in [5, 5.41) is 9.29. The molecule has 0 radical (unpaired) electrons. The van der Waals surface area contributed by atoms with Gasteiger partial charge in [-0.25, -0.2) is 14.6 Å². The lowest BCUT2D eigenvalue weighted by Gasteiger charge is -2.07. The predicted octanol–water partition coefficient (Wildman–Crippen LogP) is 3.69. The second-order valence-electron chi connectivity index (χ2n) is 5.39. The van der Waals surface area contributed by atoms with Gasteiger partial charge in [-0.1, -0.05) is 29.8 Å². The smallest absolute Gasteiger partial charge is 0.159 e. The van der Waals surface area contributed by atoms with Crippen LogP contribution in [0.3, 0.4) is 0 Å². The number of aryl methyl sites for hydroxylation is 3. The minimum Gasteiger partial charge on any atom is -0.261 e. The van der Waals surface area contributed by atoms with E-state index in [0.717, 1.165) is 17.0 Å². The Bertz CT molecular complexity index is 900. The van der Waals surface area contributed by atoms with Crippen LogP contribution in [0, 0.1) is 20.8 Å². The Balaban J connectivity index is 1.84. The van der Waals surface area contributed by atoms with E-state index in [0.29, 0.717) is 22.5 Å². The number of nitrogens with zero attached hydrogens (tertiary/aromatic N) is 5. The number of nitrogens with one attached hydrogen (secondary N) is 1. The quantitative estimate of drug-likeness (QED) is 0.581. The molecule has 0 saturated heterocycles. The van der Waals surface area contributed by atoms with Crippen LogP contribution in [-0.4, -0.2) is 26.0 Å². The van der Waals surface area contributed by atoms with Crippen LogP contribution < -0.4 is 5.43 Å². The summed E-state index contributed by atoms with van der Waals surface area (Å²) in [7, 11) is 0. The molecule has 7 heteroatoms. The van der Waals surface area contributed by atoms with E-state index >= 15 is 0 Å². The van der Waals surface area contributed by atoms with Gasteiger partial charge < -0.3 is 0 Å². The lowest BCUT2D eigenvalue weighted by molar-refractivity contribution is 0.793. The molecular weight excluding hydrogens is 324 g/mol. The summed E-state index contributed by atoms with van der Waals surface area (Å²) in [5.41, 5.74) is 5.70. The molecule has 2 aromatic heterocycles. The van der Waals surface area contributed by atoms with Crippen molar-refractivity contribution in [1.29, 1.82) is 0 Å². The predicted molar refractivity (Wildman–Crippen MR) is 96.0 cm³/mol. The molecular formula is C17H17ClN6. The standard InChI is InChI=1S/C17H17ClN6/c1-11-8-12(2)24(23-11)17-9-16(20-13(3)21-17)22-19-10-14-6-4-5-7-15(14)18/h4-10H,1-3H3,(H,20,21,22). The SMILES string of the molecule is Cc1cc(C)n(-c2cc(NN=Cc3ccccc3Cl)nc(C)n2)n1. The fourth-order valence-corrected chi connectivity index (χ4v) is 2.51. The van der Waals surface area contributed by atoms with E-state index < -0.39 is 0 Å². The maximum atomic E-state index is 6.10. The number of halogens is 1. The molecule has 3 rings (SSSR count). The summed E-state index contributed by atoms with van der Waals surface area (Å²) in [6, 6.07) is 11.3. The third-order valence-electron chi connectivity index (χ3n) is 3.34. The molecule has 0 bridgehead atoms. The van der Waals surface area contributed by atoms with E-state index in [1.807, 2.05) is 51.1 Å². The molecule has 1 aromatic carbocycles. The highest BCUT2D eigenvalue weighted by Gasteiger charge is 2.08. The Hall–Kier alpha value is -2.73. The molecule has 0 spiro atoms. The average molecular weight is 341 g/mol. The minimum atomic E-state index is 0.591. The minimum absolute atomic E-state index is 0.591. The molecule has 0 unspecified atom stereocenters. The van der Waals surface area contributed by atoms with Crippen LogP contribution in [-0.2, 0) is 0 Å². The summed E-state index contributed by atoms with van der Waals surface area (Å²) >= 11 is 6.10. The maximum Gasteiger partial charge on any atom is 0.159 e. The number of hydrogen-bond acceptors (Lipinski definition) is 5. The highest BCUT2D eigenvalue weighted by molar-refractivity contribution is 6.33. The average Bonchev–Trinajstić information content (AvgIpc) is 2.87. The molecule has 122 valence electrons. The Kier molecular flexibility index (Phi) is 4.57. The molecule has 0 aliphatic carbocycles. The van der Waals surface area contributed by atoms with Crippen molar-refractivity contribution in [1.82, 2.24) is 19.7 Å². The van der Waals surface area contributed by atoms with Gasteiger partial charge in [0.2, 0.25) is 0 Å². The van der Waals surface area contributed by atoms with E-state index in [1.54, 1.807) is 17.0 Å². The van der Waals surface area contributed by atoms with Crippen molar-refractivity contribution in [3.63, 3.8) is 0 Å². The second-order valence-corrected chi connectivity index (χ2v) is 5.80. The summed E-state index contributed by atoms with van der Waals surface area (Å²) in [6.45, 7) is 5.77. The van der Waals surface area contributed by atoms with Gasteiger partial charge in [0, 0.05) is 22.3 Å². The van der Waals surface area contributed by atoms with Crippen LogP contribution in [0.4, 0.5) is 5.82 Å². The second kappa shape index (κ2) is 6.80. The first-order valence-electron chi connectivity index (χ1n) is 7.46. The largest absolute Gasteiger partial charge is 0.261 e. The van der Waals surface area contributed by atoms with Gasteiger partial charge in [-0.15, -0.1) is 0 Å². The lowest BCUT2D eigenvalue weighted by atomic mass is 10.2. The number of aromatic nitrogens is 4. The van der Waals surface area contributed by atoms with Crippen LogP contribution in [0.25, 0.3) is 5.82 Å².